The van der Waals surface area contributed by atoms with Crippen LogP contribution in [0, 0.1) is 0 Å². The van der Waals surface area contributed by atoms with Crippen LogP contribution in [0.2, 0.25) is 0 Å². The Morgan fingerprint density at radius 2 is 1.56 bits per heavy atom. The fourth-order valence-corrected chi connectivity index (χ4v) is 1.43. The van der Waals surface area contributed by atoms with Crippen LogP contribution in [0.25, 0.3) is 0 Å². The highest BCUT2D eigenvalue weighted by Gasteiger charge is 2.73. The largest absolute Gasteiger partial charge is 0.440 e. The zero-order valence-electron chi connectivity index (χ0n) is 9.73. The van der Waals surface area contributed by atoms with Crippen LogP contribution >= 0.6 is 0 Å². The molecule has 0 aromatic carbocycles. The number of nitrogens with zero attached hydrogens (tertiary/aromatic N) is 1. The summed E-state index contributed by atoms with van der Waals surface area (Å²) >= 11 is 0. The number of carbonyl (C=O) groups is 1. The highest BCUT2D eigenvalue weighted by Crippen LogP contribution is 2.45. The first kappa shape index (κ1) is 17.0. The van der Waals surface area contributed by atoms with Gasteiger partial charge in [0.25, 0.3) is 6.47 Å². The lowest BCUT2D eigenvalue weighted by Gasteiger charge is -2.37. The minimum absolute atomic E-state index is 0.0100. The minimum atomic E-state index is -5.74. The molecule has 0 bridgehead atoms. The average molecular weight is 281 g/mol. The van der Waals surface area contributed by atoms with Gasteiger partial charge < -0.3 is 9.64 Å². The Balaban J connectivity index is 5.42. The van der Waals surface area contributed by atoms with Gasteiger partial charge in [0.05, 0.1) is 6.54 Å². The molecular formula is C9H13F6NO2. The Hall–Kier alpha value is -0.990. The lowest BCUT2D eigenvalue weighted by Crippen LogP contribution is -2.64. The zero-order chi connectivity index (χ0) is 14.6. The van der Waals surface area contributed by atoms with E-state index in [0.29, 0.717) is 6.42 Å². The lowest BCUT2D eigenvalue weighted by molar-refractivity contribution is -0.368. The Bertz CT molecular complexity index is 261. The maximum Gasteiger partial charge on any atom is 0.438 e. The van der Waals surface area contributed by atoms with E-state index < -0.39 is 31.0 Å². The highest BCUT2D eigenvalue weighted by atomic mass is 19.4. The van der Waals surface area contributed by atoms with Crippen molar-refractivity contribution >= 4 is 6.47 Å². The number of rotatable bonds is 6. The van der Waals surface area contributed by atoms with E-state index in [9.17, 15) is 31.1 Å². The number of likely N-dealkylation sites (N-methyl/N-ethyl adjacent to an activating group) is 1. The molecule has 0 rings (SSSR count). The fourth-order valence-electron chi connectivity index (χ4n) is 1.43. The second-order valence-electron chi connectivity index (χ2n) is 3.77. The van der Waals surface area contributed by atoms with Crippen molar-refractivity contribution in [2.75, 3.05) is 20.1 Å². The van der Waals surface area contributed by atoms with Gasteiger partial charge in [0.2, 0.25) is 0 Å². The first-order valence-electron chi connectivity index (χ1n) is 4.95. The van der Waals surface area contributed by atoms with Crippen molar-refractivity contribution in [2.45, 2.75) is 31.3 Å². The topological polar surface area (TPSA) is 29.5 Å². The molecule has 3 nitrogen and oxygen atoms in total. The van der Waals surface area contributed by atoms with E-state index in [2.05, 4.69) is 4.74 Å². The van der Waals surface area contributed by atoms with Crippen LogP contribution in [0.1, 0.15) is 13.3 Å². The summed E-state index contributed by atoms with van der Waals surface area (Å²) in [7, 11) is 1.09. The van der Waals surface area contributed by atoms with E-state index >= 15 is 0 Å². The third-order valence-electron chi connectivity index (χ3n) is 2.26. The molecule has 0 aromatic rings. The number of carbonyl (C=O) groups excluding carboxylic acids is 1. The molecule has 0 spiro atoms. The van der Waals surface area contributed by atoms with Crippen molar-refractivity contribution in [2.24, 2.45) is 0 Å². The van der Waals surface area contributed by atoms with Gasteiger partial charge in [-0.3, -0.25) is 4.79 Å². The van der Waals surface area contributed by atoms with Crippen molar-refractivity contribution in [1.29, 1.82) is 0 Å². The molecule has 0 aromatic heterocycles. The fraction of sp³-hybridized carbons (Fsp3) is 0.889. The van der Waals surface area contributed by atoms with Gasteiger partial charge >= 0.3 is 18.0 Å². The van der Waals surface area contributed by atoms with Gasteiger partial charge in [-0.1, -0.05) is 6.92 Å². The van der Waals surface area contributed by atoms with E-state index in [1.54, 1.807) is 6.92 Å². The zero-order valence-corrected chi connectivity index (χ0v) is 9.73. The molecule has 0 aliphatic heterocycles. The van der Waals surface area contributed by atoms with E-state index in [1.165, 1.54) is 0 Å². The first-order valence-corrected chi connectivity index (χ1v) is 4.95. The van der Waals surface area contributed by atoms with Crippen molar-refractivity contribution < 1.29 is 35.9 Å². The summed E-state index contributed by atoms with van der Waals surface area (Å²) in [5.74, 6) is 0. The van der Waals surface area contributed by atoms with Crippen molar-refractivity contribution in [3.05, 3.63) is 0 Å². The van der Waals surface area contributed by atoms with Crippen LogP contribution in [0.15, 0.2) is 0 Å². The summed E-state index contributed by atoms with van der Waals surface area (Å²) < 4.78 is 79.2. The molecule has 0 heterocycles. The molecule has 18 heavy (non-hydrogen) atoms. The molecular weight excluding hydrogens is 268 g/mol. The highest BCUT2D eigenvalue weighted by molar-refractivity contribution is 5.39. The predicted octanol–water partition coefficient (Wildman–Crippen LogP) is 2.36. The molecule has 108 valence electrons. The normalized spacial score (nSPS) is 13.8. The predicted molar refractivity (Wildman–Crippen MR) is 49.8 cm³/mol. The van der Waals surface area contributed by atoms with Crippen molar-refractivity contribution in [3.8, 4) is 0 Å². The van der Waals surface area contributed by atoms with E-state index in [0.717, 1.165) is 11.9 Å². The van der Waals surface area contributed by atoms with Gasteiger partial charge in [-0.15, -0.1) is 0 Å². The maximum absolute atomic E-state index is 12.6. The number of halogens is 6. The van der Waals surface area contributed by atoms with E-state index in [4.69, 9.17) is 0 Å². The summed E-state index contributed by atoms with van der Waals surface area (Å²) in [4.78, 5) is 10.8. The molecule has 0 aliphatic rings. The number of hydrogen-bond acceptors (Lipinski definition) is 3. The standard InChI is InChI=1S/C9H13F6NO2/c1-3-4-16(2)5-7(18-6-17,8(10,11)12)9(13,14)15/h6H,3-5H2,1-2H3. The molecule has 0 atom stereocenters. The third-order valence-corrected chi connectivity index (χ3v) is 2.26. The summed E-state index contributed by atoms with van der Waals surface area (Å²) in [5, 5.41) is 0. The Morgan fingerprint density at radius 3 is 1.83 bits per heavy atom. The second kappa shape index (κ2) is 5.77. The monoisotopic (exact) mass is 281 g/mol. The summed E-state index contributed by atoms with van der Waals surface area (Å²) in [5.41, 5.74) is -4.49. The second-order valence-corrected chi connectivity index (χ2v) is 3.77. The quantitative estimate of drug-likeness (QED) is 0.553. The van der Waals surface area contributed by atoms with Crippen LogP contribution in [0.4, 0.5) is 26.3 Å². The average Bonchev–Trinajstić information content (AvgIpc) is 2.13. The molecule has 0 aliphatic carbocycles. The smallest absolute Gasteiger partial charge is 0.438 e. The number of alkyl halides is 6. The molecule has 0 fully saturated rings. The van der Waals surface area contributed by atoms with Crippen LogP contribution in [0.3, 0.4) is 0 Å². The molecule has 0 saturated carbocycles. The van der Waals surface area contributed by atoms with Crippen LogP contribution in [-0.2, 0) is 9.53 Å². The number of hydrogen-bond donors (Lipinski definition) is 0. The minimum Gasteiger partial charge on any atom is -0.440 e. The molecule has 0 amide bonds. The van der Waals surface area contributed by atoms with Gasteiger partial charge in [-0.2, -0.15) is 26.3 Å². The van der Waals surface area contributed by atoms with E-state index in [-0.39, 0.29) is 6.54 Å². The third kappa shape index (κ3) is 3.50. The van der Waals surface area contributed by atoms with Crippen LogP contribution in [-0.4, -0.2) is 49.5 Å². The summed E-state index contributed by atoms with van der Waals surface area (Å²) in [6.07, 6.45) is -11.1. The van der Waals surface area contributed by atoms with Crippen LogP contribution < -0.4 is 0 Å². The Kier molecular flexibility index (Phi) is 5.45. The van der Waals surface area contributed by atoms with Gasteiger partial charge in [0, 0.05) is 0 Å². The Labute approximate surface area is 99.7 Å². The van der Waals surface area contributed by atoms with Crippen molar-refractivity contribution in [3.63, 3.8) is 0 Å². The number of ether oxygens (including phenoxy) is 1. The SMILES string of the molecule is CCCN(C)CC(OC=O)(C(F)(F)F)C(F)(F)F. The molecule has 0 saturated heterocycles. The van der Waals surface area contributed by atoms with Gasteiger partial charge in [-0.05, 0) is 20.0 Å². The molecule has 0 unspecified atom stereocenters. The van der Waals surface area contributed by atoms with Gasteiger partial charge in [-0.25, -0.2) is 0 Å². The first-order chi connectivity index (χ1) is 8.02. The molecule has 9 heteroatoms. The molecule has 0 N–H and O–H groups in total. The van der Waals surface area contributed by atoms with Gasteiger partial charge in [0.1, 0.15) is 0 Å². The van der Waals surface area contributed by atoms with E-state index in [1.807, 2.05) is 0 Å². The maximum atomic E-state index is 12.6. The van der Waals surface area contributed by atoms with Gasteiger partial charge in [0.15, 0.2) is 0 Å². The lowest BCUT2D eigenvalue weighted by atomic mass is 10.0. The van der Waals surface area contributed by atoms with Crippen molar-refractivity contribution in [1.82, 2.24) is 4.90 Å². The molecule has 0 radical (unpaired) electrons. The Morgan fingerprint density at radius 1 is 1.11 bits per heavy atom. The summed E-state index contributed by atoms with van der Waals surface area (Å²) in [6.45, 7) is -0.719. The summed E-state index contributed by atoms with van der Waals surface area (Å²) in [6, 6.07) is 0. The van der Waals surface area contributed by atoms with Crippen LogP contribution in [0.5, 0.6) is 0 Å².